The number of carbonyl (C=O) groups excluding carboxylic acids is 2. The highest BCUT2D eigenvalue weighted by Crippen LogP contribution is 2.16. The number of halogens is 1. The molecule has 6 nitrogen and oxygen atoms in total. The Hall–Kier alpha value is -1.63. The maximum absolute atomic E-state index is 12.2. The first-order valence-corrected chi connectivity index (χ1v) is 6.60. The molecule has 21 heavy (non-hydrogen) atoms. The van der Waals surface area contributed by atoms with Gasteiger partial charge in [0.05, 0.1) is 12.7 Å². The lowest BCUT2D eigenvalue weighted by Gasteiger charge is -2.29. The number of anilines is 2. The number of hydrogen-bond donors (Lipinski definition) is 3. The third-order valence-corrected chi connectivity index (χ3v) is 3.05. The van der Waals surface area contributed by atoms with Crippen LogP contribution in [0.15, 0.2) is 24.3 Å². The molecular formula is C14H20ClN3O3. The van der Waals surface area contributed by atoms with E-state index in [1.807, 2.05) is 6.92 Å². The van der Waals surface area contributed by atoms with Crippen molar-refractivity contribution in [2.45, 2.75) is 26.0 Å². The minimum Gasteiger partial charge on any atom is -0.375 e. The van der Waals surface area contributed by atoms with Gasteiger partial charge >= 0.3 is 0 Å². The van der Waals surface area contributed by atoms with Gasteiger partial charge < -0.3 is 20.7 Å². The first kappa shape index (κ1) is 17.4. The Labute approximate surface area is 130 Å². The molecule has 1 aromatic carbocycles. The lowest BCUT2D eigenvalue weighted by atomic mass is 10.1. The molecule has 2 rings (SSSR count). The Morgan fingerprint density at radius 1 is 1.29 bits per heavy atom. The number of ether oxygens (including phenoxy) is 1. The quantitative estimate of drug-likeness (QED) is 0.788. The molecule has 0 unspecified atom stereocenters. The Bertz CT molecular complexity index is 510. The smallest absolute Gasteiger partial charge is 0.244 e. The molecule has 0 bridgehead atoms. The van der Waals surface area contributed by atoms with E-state index in [-0.39, 0.29) is 36.4 Å². The molecule has 0 spiro atoms. The normalized spacial score (nSPS) is 21.0. The van der Waals surface area contributed by atoms with Crippen LogP contribution in [0.25, 0.3) is 0 Å². The molecule has 1 aliphatic rings. The topological polar surface area (TPSA) is 79.5 Å². The molecule has 1 fully saturated rings. The van der Waals surface area contributed by atoms with Gasteiger partial charge in [0, 0.05) is 24.8 Å². The van der Waals surface area contributed by atoms with E-state index >= 15 is 0 Å². The Morgan fingerprint density at radius 3 is 2.57 bits per heavy atom. The summed E-state index contributed by atoms with van der Waals surface area (Å²) in [7, 11) is 0. The van der Waals surface area contributed by atoms with E-state index in [9.17, 15) is 9.59 Å². The molecule has 1 heterocycles. The Balaban J connectivity index is 0.00000220. The Kier molecular flexibility index (Phi) is 6.61. The molecule has 1 saturated heterocycles. The highest BCUT2D eigenvalue weighted by Gasteiger charge is 2.28. The fourth-order valence-corrected chi connectivity index (χ4v) is 2.13. The average Bonchev–Trinajstić information content (AvgIpc) is 2.38. The molecule has 0 aromatic heterocycles. The fraction of sp³-hybridized carbons (Fsp3) is 0.429. The van der Waals surface area contributed by atoms with E-state index < -0.39 is 0 Å². The zero-order valence-electron chi connectivity index (χ0n) is 12.0. The van der Waals surface area contributed by atoms with E-state index in [1.54, 1.807) is 24.3 Å². The van der Waals surface area contributed by atoms with Crippen molar-refractivity contribution in [3.63, 3.8) is 0 Å². The van der Waals surface area contributed by atoms with Crippen molar-refractivity contribution < 1.29 is 14.3 Å². The summed E-state index contributed by atoms with van der Waals surface area (Å²) in [6.45, 7) is 4.58. The van der Waals surface area contributed by atoms with Gasteiger partial charge in [-0.3, -0.25) is 9.59 Å². The molecule has 0 aliphatic carbocycles. The summed E-state index contributed by atoms with van der Waals surface area (Å²) in [6, 6.07) is 6.66. The van der Waals surface area contributed by atoms with Crippen LogP contribution in [0.1, 0.15) is 13.8 Å². The lowest BCUT2D eigenvalue weighted by molar-refractivity contribution is -0.123. The van der Waals surface area contributed by atoms with Crippen molar-refractivity contribution in [1.29, 1.82) is 0 Å². The summed E-state index contributed by atoms with van der Waals surface area (Å²) in [4.78, 5) is 23.2. The van der Waals surface area contributed by atoms with Crippen molar-refractivity contribution in [3.05, 3.63) is 24.3 Å². The fourth-order valence-electron chi connectivity index (χ4n) is 2.13. The van der Waals surface area contributed by atoms with E-state index in [4.69, 9.17) is 4.74 Å². The number of amides is 2. The number of rotatable bonds is 3. The van der Waals surface area contributed by atoms with Crippen LogP contribution in [0.5, 0.6) is 0 Å². The minimum atomic E-state index is -0.367. The summed E-state index contributed by atoms with van der Waals surface area (Å²) in [5.74, 6) is -0.290. The van der Waals surface area contributed by atoms with E-state index in [2.05, 4.69) is 16.0 Å². The summed E-state index contributed by atoms with van der Waals surface area (Å²) in [5.41, 5.74) is 1.29. The van der Waals surface area contributed by atoms with Gasteiger partial charge in [-0.25, -0.2) is 0 Å². The molecule has 1 aromatic rings. The van der Waals surface area contributed by atoms with Gasteiger partial charge in [0.2, 0.25) is 11.8 Å². The number of carbonyl (C=O) groups is 2. The van der Waals surface area contributed by atoms with Crippen molar-refractivity contribution in [1.82, 2.24) is 5.32 Å². The number of hydrogen-bond acceptors (Lipinski definition) is 4. The van der Waals surface area contributed by atoms with Crippen LogP contribution < -0.4 is 16.0 Å². The summed E-state index contributed by atoms with van der Waals surface area (Å²) < 4.78 is 5.45. The minimum absolute atomic E-state index is 0. The second-order valence-corrected chi connectivity index (χ2v) is 4.76. The maximum atomic E-state index is 12.2. The molecule has 116 valence electrons. The molecule has 3 N–H and O–H groups in total. The van der Waals surface area contributed by atoms with Gasteiger partial charge in [0.15, 0.2) is 0 Å². The number of nitrogens with one attached hydrogen (secondary N) is 3. The van der Waals surface area contributed by atoms with Crippen molar-refractivity contribution in [2.75, 3.05) is 23.8 Å². The monoisotopic (exact) mass is 313 g/mol. The largest absolute Gasteiger partial charge is 0.375 e. The molecular weight excluding hydrogens is 294 g/mol. The second-order valence-electron chi connectivity index (χ2n) is 4.76. The summed E-state index contributed by atoms with van der Waals surface area (Å²) >= 11 is 0. The van der Waals surface area contributed by atoms with Crippen molar-refractivity contribution in [2.24, 2.45) is 0 Å². The van der Waals surface area contributed by atoms with Crippen LogP contribution in [0.2, 0.25) is 0 Å². The lowest BCUT2D eigenvalue weighted by Crippen LogP contribution is -2.53. The van der Waals surface area contributed by atoms with Gasteiger partial charge in [0.25, 0.3) is 0 Å². The van der Waals surface area contributed by atoms with Crippen LogP contribution >= 0.6 is 12.4 Å². The standard InChI is InChI=1S/C14H19N3O3.ClH/c1-9-13(15-6-7-20-9)14(19)17-12-5-3-4-11(8-12)16-10(2)18;/h3-5,8-9,13,15H,6-7H2,1-2H3,(H,16,18)(H,17,19);1H/t9-,13+;/m1./s1. The van der Waals surface area contributed by atoms with E-state index in [0.717, 1.165) is 0 Å². The first-order valence-electron chi connectivity index (χ1n) is 6.60. The third kappa shape index (κ3) is 5.00. The van der Waals surface area contributed by atoms with Crippen LogP contribution in [-0.2, 0) is 14.3 Å². The second kappa shape index (κ2) is 7.97. The van der Waals surface area contributed by atoms with Crippen LogP contribution in [0.3, 0.4) is 0 Å². The predicted molar refractivity (Wildman–Crippen MR) is 83.8 cm³/mol. The average molecular weight is 314 g/mol. The molecule has 1 aliphatic heterocycles. The van der Waals surface area contributed by atoms with Crippen molar-refractivity contribution in [3.8, 4) is 0 Å². The molecule has 7 heteroatoms. The van der Waals surface area contributed by atoms with Gasteiger partial charge in [-0.15, -0.1) is 12.4 Å². The highest BCUT2D eigenvalue weighted by molar-refractivity contribution is 5.96. The zero-order valence-corrected chi connectivity index (χ0v) is 12.8. The molecule has 2 atom stereocenters. The van der Waals surface area contributed by atoms with E-state index in [0.29, 0.717) is 24.5 Å². The number of morpholine rings is 1. The van der Waals surface area contributed by atoms with E-state index in [1.165, 1.54) is 6.92 Å². The van der Waals surface area contributed by atoms with Gasteiger partial charge in [0.1, 0.15) is 6.04 Å². The summed E-state index contributed by atoms with van der Waals surface area (Å²) in [6.07, 6.45) is -0.165. The molecule has 2 amide bonds. The van der Waals surface area contributed by atoms with Gasteiger partial charge in [-0.1, -0.05) is 6.07 Å². The number of benzene rings is 1. The Morgan fingerprint density at radius 2 is 1.95 bits per heavy atom. The first-order chi connectivity index (χ1) is 9.56. The third-order valence-electron chi connectivity index (χ3n) is 3.05. The summed E-state index contributed by atoms with van der Waals surface area (Å²) in [5, 5.41) is 8.63. The predicted octanol–water partition coefficient (Wildman–Crippen LogP) is 1.38. The van der Waals surface area contributed by atoms with Gasteiger partial charge in [-0.05, 0) is 25.1 Å². The van der Waals surface area contributed by atoms with Crippen LogP contribution in [-0.4, -0.2) is 37.1 Å². The van der Waals surface area contributed by atoms with Crippen LogP contribution in [0, 0.1) is 0 Å². The SMILES string of the molecule is CC(=O)Nc1cccc(NC(=O)[C@H]2NCCO[C@@H]2C)c1.Cl. The zero-order chi connectivity index (χ0) is 14.5. The molecule has 0 saturated carbocycles. The van der Waals surface area contributed by atoms with Crippen LogP contribution in [0.4, 0.5) is 11.4 Å². The van der Waals surface area contributed by atoms with Gasteiger partial charge in [-0.2, -0.15) is 0 Å². The highest BCUT2D eigenvalue weighted by atomic mass is 35.5. The molecule has 0 radical (unpaired) electrons. The van der Waals surface area contributed by atoms with Crippen molar-refractivity contribution >= 4 is 35.6 Å². The maximum Gasteiger partial charge on any atom is 0.244 e.